The quantitative estimate of drug-likeness (QED) is 0.871. The Bertz CT molecular complexity index is 670. The molecule has 0 bridgehead atoms. The summed E-state index contributed by atoms with van der Waals surface area (Å²) < 4.78 is 23.4. The molecule has 1 heterocycles. The van der Waals surface area contributed by atoms with Gasteiger partial charge in [-0.3, -0.25) is 4.79 Å². The standard InChI is InChI=1S/C16H14FNO3/c1-18(9-11-2-5-13(17)6-3-11)16(19)12-4-7-14-15(8-12)21-10-20-14/h2-8H,9-10H2,1H3. The van der Waals surface area contributed by atoms with E-state index in [1.54, 1.807) is 42.3 Å². The summed E-state index contributed by atoms with van der Waals surface area (Å²) in [6.07, 6.45) is 0. The van der Waals surface area contributed by atoms with Crippen LogP contribution in [0.3, 0.4) is 0 Å². The maximum absolute atomic E-state index is 12.9. The number of benzene rings is 2. The summed E-state index contributed by atoms with van der Waals surface area (Å²) >= 11 is 0. The lowest BCUT2D eigenvalue weighted by Gasteiger charge is -2.17. The second-order valence-corrected chi connectivity index (χ2v) is 4.86. The lowest BCUT2D eigenvalue weighted by Crippen LogP contribution is -2.26. The van der Waals surface area contributed by atoms with Crippen molar-refractivity contribution in [1.29, 1.82) is 0 Å². The fourth-order valence-electron chi connectivity index (χ4n) is 2.19. The van der Waals surface area contributed by atoms with Crippen molar-refractivity contribution in [3.63, 3.8) is 0 Å². The summed E-state index contributed by atoms with van der Waals surface area (Å²) in [6.45, 7) is 0.589. The van der Waals surface area contributed by atoms with Gasteiger partial charge in [-0.25, -0.2) is 4.39 Å². The zero-order valence-corrected chi connectivity index (χ0v) is 11.5. The minimum Gasteiger partial charge on any atom is -0.454 e. The van der Waals surface area contributed by atoms with Crippen molar-refractivity contribution in [3.05, 3.63) is 59.4 Å². The average Bonchev–Trinajstić information content (AvgIpc) is 2.96. The first-order valence-corrected chi connectivity index (χ1v) is 6.53. The molecule has 0 fully saturated rings. The van der Waals surface area contributed by atoms with Gasteiger partial charge in [-0.1, -0.05) is 12.1 Å². The maximum atomic E-state index is 12.9. The molecule has 0 atom stereocenters. The Morgan fingerprint density at radius 1 is 1.14 bits per heavy atom. The summed E-state index contributed by atoms with van der Waals surface area (Å²) in [7, 11) is 1.70. The highest BCUT2D eigenvalue weighted by Crippen LogP contribution is 2.32. The van der Waals surface area contributed by atoms with Crippen LogP contribution in [0, 0.1) is 5.82 Å². The zero-order chi connectivity index (χ0) is 14.8. The van der Waals surface area contributed by atoms with Gasteiger partial charge in [-0.2, -0.15) is 0 Å². The molecule has 2 aromatic carbocycles. The van der Waals surface area contributed by atoms with E-state index in [1.807, 2.05) is 0 Å². The van der Waals surface area contributed by atoms with E-state index in [9.17, 15) is 9.18 Å². The molecule has 5 heteroatoms. The fourth-order valence-corrected chi connectivity index (χ4v) is 2.19. The summed E-state index contributed by atoms with van der Waals surface area (Å²) in [5.74, 6) is 0.810. The Hall–Kier alpha value is -2.56. The summed E-state index contributed by atoms with van der Waals surface area (Å²) in [4.78, 5) is 13.9. The molecule has 0 aliphatic carbocycles. The molecule has 0 unspecified atom stereocenters. The van der Waals surface area contributed by atoms with E-state index in [1.165, 1.54) is 12.1 Å². The van der Waals surface area contributed by atoms with Crippen molar-refractivity contribution < 1.29 is 18.7 Å². The number of rotatable bonds is 3. The van der Waals surface area contributed by atoms with Gasteiger partial charge in [-0.15, -0.1) is 0 Å². The fraction of sp³-hybridized carbons (Fsp3) is 0.188. The van der Waals surface area contributed by atoms with Crippen LogP contribution in [-0.4, -0.2) is 24.6 Å². The summed E-state index contributed by atoms with van der Waals surface area (Å²) in [5, 5.41) is 0. The van der Waals surface area contributed by atoms with E-state index in [4.69, 9.17) is 9.47 Å². The number of fused-ring (bicyclic) bond motifs is 1. The number of carbonyl (C=O) groups is 1. The maximum Gasteiger partial charge on any atom is 0.254 e. The number of hydrogen-bond acceptors (Lipinski definition) is 3. The van der Waals surface area contributed by atoms with E-state index in [0.29, 0.717) is 23.6 Å². The smallest absolute Gasteiger partial charge is 0.254 e. The van der Waals surface area contributed by atoms with Gasteiger partial charge in [-0.05, 0) is 35.9 Å². The molecule has 0 radical (unpaired) electrons. The van der Waals surface area contributed by atoms with E-state index >= 15 is 0 Å². The number of amides is 1. The minimum atomic E-state index is -0.288. The lowest BCUT2D eigenvalue weighted by molar-refractivity contribution is 0.0784. The Balaban J connectivity index is 1.73. The lowest BCUT2D eigenvalue weighted by atomic mass is 10.1. The second kappa shape index (κ2) is 5.44. The molecular weight excluding hydrogens is 273 g/mol. The molecule has 0 spiro atoms. The highest BCUT2D eigenvalue weighted by molar-refractivity contribution is 5.94. The molecule has 1 aliphatic heterocycles. The van der Waals surface area contributed by atoms with Crippen molar-refractivity contribution in [2.24, 2.45) is 0 Å². The van der Waals surface area contributed by atoms with Gasteiger partial charge in [0.2, 0.25) is 6.79 Å². The van der Waals surface area contributed by atoms with E-state index < -0.39 is 0 Å². The van der Waals surface area contributed by atoms with Crippen molar-refractivity contribution in [1.82, 2.24) is 4.90 Å². The molecule has 0 N–H and O–H groups in total. The third kappa shape index (κ3) is 2.81. The van der Waals surface area contributed by atoms with Gasteiger partial charge < -0.3 is 14.4 Å². The number of halogens is 1. The van der Waals surface area contributed by atoms with Crippen molar-refractivity contribution in [3.8, 4) is 11.5 Å². The van der Waals surface area contributed by atoms with Crippen LogP contribution in [0.1, 0.15) is 15.9 Å². The van der Waals surface area contributed by atoms with Crippen LogP contribution in [0.2, 0.25) is 0 Å². The summed E-state index contributed by atoms with van der Waals surface area (Å²) in [6, 6.07) is 11.2. The van der Waals surface area contributed by atoms with E-state index in [2.05, 4.69) is 0 Å². The third-order valence-corrected chi connectivity index (χ3v) is 3.30. The Morgan fingerprint density at radius 2 is 1.86 bits per heavy atom. The molecule has 0 saturated carbocycles. The van der Waals surface area contributed by atoms with Gasteiger partial charge in [0.15, 0.2) is 11.5 Å². The van der Waals surface area contributed by atoms with Gasteiger partial charge in [0, 0.05) is 19.2 Å². The highest BCUT2D eigenvalue weighted by Gasteiger charge is 2.18. The average molecular weight is 287 g/mol. The first-order chi connectivity index (χ1) is 10.1. The molecular formula is C16H14FNO3. The second-order valence-electron chi connectivity index (χ2n) is 4.86. The zero-order valence-electron chi connectivity index (χ0n) is 11.5. The SMILES string of the molecule is CN(Cc1ccc(F)cc1)C(=O)c1ccc2c(c1)OCO2. The first kappa shape index (κ1) is 13.4. The Labute approximate surface area is 121 Å². The van der Waals surface area contributed by atoms with E-state index in [-0.39, 0.29) is 18.5 Å². The summed E-state index contributed by atoms with van der Waals surface area (Å²) in [5.41, 5.74) is 1.40. The van der Waals surface area contributed by atoms with Crippen LogP contribution in [0.15, 0.2) is 42.5 Å². The molecule has 0 saturated heterocycles. The molecule has 1 amide bonds. The normalized spacial score (nSPS) is 12.3. The van der Waals surface area contributed by atoms with Crippen LogP contribution < -0.4 is 9.47 Å². The highest BCUT2D eigenvalue weighted by atomic mass is 19.1. The molecule has 0 aromatic heterocycles. The predicted octanol–water partition coefficient (Wildman–Crippen LogP) is 2.83. The number of nitrogens with zero attached hydrogens (tertiary/aromatic N) is 1. The van der Waals surface area contributed by atoms with Gasteiger partial charge in [0.25, 0.3) is 5.91 Å². The first-order valence-electron chi connectivity index (χ1n) is 6.53. The molecule has 3 rings (SSSR count). The Kier molecular flexibility index (Phi) is 3.48. The molecule has 2 aromatic rings. The predicted molar refractivity (Wildman–Crippen MR) is 74.8 cm³/mol. The number of ether oxygens (including phenoxy) is 2. The largest absolute Gasteiger partial charge is 0.454 e. The molecule has 108 valence electrons. The molecule has 1 aliphatic rings. The van der Waals surface area contributed by atoms with Crippen LogP contribution in [0.5, 0.6) is 11.5 Å². The van der Waals surface area contributed by atoms with Gasteiger partial charge in [0.05, 0.1) is 0 Å². The van der Waals surface area contributed by atoms with Crippen molar-refractivity contribution in [2.45, 2.75) is 6.54 Å². The van der Waals surface area contributed by atoms with Gasteiger partial charge >= 0.3 is 0 Å². The van der Waals surface area contributed by atoms with E-state index in [0.717, 1.165) is 5.56 Å². The van der Waals surface area contributed by atoms with Crippen molar-refractivity contribution >= 4 is 5.91 Å². The third-order valence-electron chi connectivity index (χ3n) is 3.30. The number of carbonyl (C=O) groups excluding carboxylic acids is 1. The van der Waals surface area contributed by atoms with Crippen LogP contribution in [0.25, 0.3) is 0 Å². The van der Waals surface area contributed by atoms with Crippen LogP contribution in [-0.2, 0) is 6.54 Å². The number of hydrogen-bond donors (Lipinski definition) is 0. The van der Waals surface area contributed by atoms with Crippen LogP contribution >= 0.6 is 0 Å². The topological polar surface area (TPSA) is 38.8 Å². The monoisotopic (exact) mass is 287 g/mol. The van der Waals surface area contributed by atoms with Gasteiger partial charge in [0.1, 0.15) is 5.82 Å². The molecule has 4 nitrogen and oxygen atoms in total. The Morgan fingerprint density at radius 3 is 2.62 bits per heavy atom. The molecule has 21 heavy (non-hydrogen) atoms. The van der Waals surface area contributed by atoms with Crippen LogP contribution in [0.4, 0.5) is 4.39 Å². The minimum absolute atomic E-state index is 0.127. The van der Waals surface area contributed by atoms with Crippen molar-refractivity contribution in [2.75, 3.05) is 13.8 Å².